The normalized spacial score (nSPS) is 19.7. The van der Waals surface area contributed by atoms with Crippen LogP contribution in [0.5, 0.6) is 11.5 Å². The Labute approximate surface area is 153 Å². The number of ether oxygens (including phenoxy) is 1. The Balaban J connectivity index is 1.78. The number of amides is 1. The number of rotatable bonds is 4. The molecule has 1 saturated heterocycles. The lowest BCUT2D eigenvalue weighted by Gasteiger charge is -2.18. The minimum atomic E-state index is -4.68. The minimum absolute atomic E-state index is 0.135. The van der Waals surface area contributed by atoms with E-state index in [9.17, 15) is 22.8 Å². The molecule has 1 heterocycles. The molecule has 3 rings (SSSR count). The number of likely N-dealkylation sites (tertiary alicyclic amines) is 1. The molecule has 27 heavy (non-hydrogen) atoms. The molecule has 0 aliphatic carbocycles. The first-order chi connectivity index (χ1) is 12.8. The predicted octanol–water partition coefficient (Wildman–Crippen LogP) is 3.81. The van der Waals surface area contributed by atoms with E-state index in [-0.39, 0.29) is 5.56 Å². The summed E-state index contributed by atoms with van der Waals surface area (Å²) in [5.74, 6) is -5.07. The fraction of sp³-hybridized carbons (Fsp3) is 0.263. The number of halogens is 3. The summed E-state index contributed by atoms with van der Waals surface area (Å²) in [4.78, 5) is 24.7. The van der Waals surface area contributed by atoms with E-state index < -0.39 is 43.0 Å². The maximum absolute atomic E-state index is 13.1. The topological polar surface area (TPSA) is 66.8 Å². The zero-order valence-corrected chi connectivity index (χ0v) is 14.0. The molecule has 1 N–H and O–H groups in total. The van der Waals surface area contributed by atoms with Crippen LogP contribution >= 0.6 is 0 Å². The van der Waals surface area contributed by atoms with E-state index >= 15 is 0 Å². The number of carbonyl (C=O) groups excluding carboxylic acids is 1. The van der Waals surface area contributed by atoms with Crippen LogP contribution < -0.4 is 4.74 Å². The Kier molecular flexibility index (Phi) is 5.07. The summed E-state index contributed by atoms with van der Waals surface area (Å²) in [6.45, 7) is -1.16. The predicted molar refractivity (Wildman–Crippen MR) is 89.5 cm³/mol. The van der Waals surface area contributed by atoms with Gasteiger partial charge in [0.25, 0.3) is 5.91 Å². The molecule has 1 fully saturated rings. The van der Waals surface area contributed by atoms with E-state index in [2.05, 4.69) is 0 Å². The summed E-state index contributed by atoms with van der Waals surface area (Å²) in [5, 5.41) is 9.07. The summed E-state index contributed by atoms with van der Waals surface area (Å²) in [6, 6.07) is 14.9. The number of aliphatic carboxylic acids is 1. The molecule has 0 aromatic heterocycles. The number of hydrogen-bond donors (Lipinski definition) is 1. The van der Waals surface area contributed by atoms with Crippen molar-refractivity contribution in [3.8, 4) is 11.5 Å². The van der Waals surface area contributed by atoms with Crippen LogP contribution in [0.2, 0.25) is 0 Å². The zero-order chi connectivity index (χ0) is 19.6. The Hall–Kier alpha value is -3.03. The van der Waals surface area contributed by atoms with Crippen LogP contribution in [0.25, 0.3) is 0 Å². The smallest absolute Gasteiger partial charge is 0.394 e. The van der Waals surface area contributed by atoms with Crippen molar-refractivity contribution in [3.05, 3.63) is 60.2 Å². The van der Waals surface area contributed by atoms with Gasteiger partial charge in [-0.2, -0.15) is 13.2 Å². The van der Waals surface area contributed by atoms with Crippen LogP contribution in [0.3, 0.4) is 0 Å². The average molecular weight is 379 g/mol. The van der Waals surface area contributed by atoms with E-state index in [1.54, 1.807) is 36.4 Å². The standard InChI is InChI=1S/C19H16F3NO4/c20-19(21,22)16-11-23(10-15(16)18(25)26)17(24)12-5-4-8-14(9-12)27-13-6-2-1-3-7-13/h1-9,15-16H,10-11H2,(H,25,26)/t15-,16-/m1/s1. The van der Waals surface area contributed by atoms with E-state index in [1.807, 2.05) is 6.07 Å². The van der Waals surface area contributed by atoms with Gasteiger partial charge in [-0.25, -0.2) is 0 Å². The largest absolute Gasteiger partial charge is 0.481 e. The average Bonchev–Trinajstić information content (AvgIpc) is 3.08. The molecule has 0 bridgehead atoms. The summed E-state index contributed by atoms with van der Waals surface area (Å²) in [6.07, 6.45) is -4.68. The van der Waals surface area contributed by atoms with E-state index in [0.717, 1.165) is 4.90 Å². The first-order valence-electron chi connectivity index (χ1n) is 8.17. The second-order valence-corrected chi connectivity index (χ2v) is 6.25. The highest BCUT2D eigenvalue weighted by Gasteiger charge is 2.53. The van der Waals surface area contributed by atoms with Crippen molar-refractivity contribution in [3.63, 3.8) is 0 Å². The van der Waals surface area contributed by atoms with Crippen molar-refractivity contribution in [2.24, 2.45) is 11.8 Å². The van der Waals surface area contributed by atoms with Crippen LogP contribution in [0.15, 0.2) is 54.6 Å². The van der Waals surface area contributed by atoms with Crippen LogP contribution in [0.1, 0.15) is 10.4 Å². The van der Waals surface area contributed by atoms with Crippen LogP contribution in [-0.4, -0.2) is 41.1 Å². The number of carboxylic acid groups (broad SMARTS) is 1. The van der Waals surface area contributed by atoms with Crippen molar-refractivity contribution >= 4 is 11.9 Å². The van der Waals surface area contributed by atoms with E-state index in [0.29, 0.717) is 11.5 Å². The molecule has 2 aromatic rings. The Morgan fingerprint density at radius 1 is 1.00 bits per heavy atom. The van der Waals surface area contributed by atoms with Crippen molar-refractivity contribution in [2.45, 2.75) is 6.18 Å². The number of alkyl halides is 3. The summed E-state index contributed by atoms with van der Waals surface area (Å²) in [7, 11) is 0. The van der Waals surface area contributed by atoms with Gasteiger partial charge in [0.2, 0.25) is 0 Å². The number of benzene rings is 2. The number of hydrogen-bond acceptors (Lipinski definition) is 3. The van der Waals surface area contributed by atoms with Crippen LogP contribution in [-0.2, 0) is 4.79 Å². The SMILES string of the molecule is O=C(O)[C@@H]1CN(C(=O)c2cccc(Oc3ccccc3)c2)C[C@H]1C(F)(F)F. The second kappa shape index (κ2) is 7.30. The third kappa shape index (κ3) is 4.21. The minimum Gasteiger partial charge on any atom is -0.481 e. The van der Waals surface area contributed by atoms with Gasteiger partial charge in [0.05, 0.1) is 11.8 Å². The molecule has 1 aliphatic heterocycles. The first kappa shape index (κ1) is 18.8. The fourth-order valence-electron chi connectivity index (χ4n) is 3.05. The summed E-state index contributed by atoms with van der Waals surface area (Å²) in [5.41, 5.74) is 0.135. The molecule has 2 aromatic carbocycles. The van der Waals surface area contributed by atoms with Crippen LogP contribution in [0.4, 0.5) is 13.2 Å². The Bertz CT molecular complexity index is 838. The lowest BCUT2D eigenvalue weighted by atomic mass is 9.96. The van der Waals surface area contributed by atoms with Gasteiger partial charge in [0.15, 0.2) is 0 Å². The van der Waals surface area contributed by atoms with Gasteiger partial charge in [0, 0.05) is 18.7 Å². The van der Waals surface area contributed by atoms with Crippen molar-refractivity contribution in [1.29, 1.82) is 0 Å². The molecule has 1 amide bonds. The fourth-order valence-corrected chi connectivity index (χ4v) is 3.05. The summed E-state index contributed by atoms with van der Waals surface area (Å²) < 4.78 is 44.9. The van der Waals surface area contributed by atoms with Gasteiger partial charge >= 0.3 is 12.1 Å². The van der Waals surface area contributed by atoms with Crippen molar-refractivity contribution in [2.75, 3.05) is 13.1 Å². The number of carboxylic acids is 1. The van der Waals surface area contributed by atoms with Gasteiger partial charge < -0.3 is 14.7 Å². The molecule has 0 radical (unpaired) electrons. The highest BCUT2D eigenvalue weighted by atomic mass is 19.4. The van der Waals surface area contributed by atoms with Crippen LogP contribution in [0, 0.1) is 11.8 Å². The number of carbonyl (C=O) groups is 2. The number of nitrogens with zero attached hydrogens (tertiary/aromatic N) is 1. The van der Waals surface area contributed by atoms with E-state index in [4.69, 9.17) is 9.84 Å². The molecule has 1 aliphatic rings. The van der Waals surface area contributed by atoms with Gasteiger partial charge in [-0.15, -0.1) is 0 Å². The van der Waals surface area contributed by atoms with Gasteiger partial charge in [-0.05, 0) is 30.3 Å². The molecule has 0 spiro atoms. The molecular weight excluding hydrogens is 363 g/mol. The Morgan fingerprint density at radius 2 is 1.67 bits per heavy atom. The maximum atomic E-state index is 13.1. The van der Waals surface area contributed by atoms with E-state index in [1.165, 1.54) is 12.1 Å². The van der Waals surface area contributed by atoms with Gasteiger partial charge in [0.1, 0.15) is 11.5 Å². The summed E-state index contributed by atoms with van der Waals surface area (Å²) >= 11 is 0. The molecule has 0 saturated carbocycles. The maximum Gasteiger partial charge on any atom is 0.394 e. The third-order valence-corrected chi connectivity index (χ3v) is 4.40. The zero-order valence-electron chi connectivity index (χ0n) is 14.0. The first-order valence-corrected chi connectivity index (χ1v) is 8.17. The lowest BCUT2D eigenvalue weighted by Crippen LogP contribution is -2.34. The van der Waals surface area contributed by atoms with Gasteiger partial charge in [-0.1, -0.05) is 24.3 Å². The Morgan fingerprint density at radius 3 is 2.26 bits per heavy atom. The molecule has 5 nitrogen and oxygen atoms in total. The highest BCUT2D eigenvalue weighted by Crippen LogP contribution is 2.38. The molecule has 142 valence electrons. The molecule has 8 heteroatoms. The molecular formula is C19H16F3NO4. The lowest BCUT2D eigenvalue weighted by molar-refractivity contribution is -0.187. The quantitative estimate of drug-likeness (QED) is 0.877. The number of para-hydroxylation sites is 1. The molecule has 0 unspecified atom stereocenters. The van der Waals surface area contributed by atoms with Gasteiger partial charge in [-0.3, -0.25) is 9.59 Å². The third-order valence-electron chi connectivity index (χ3n) is 4.40. The van der Waals surface area contributed by atoms with Crippen molar-refractivity contribution < 1.29 is 32.6 Å². The highest BCUT2D eigenvalue weighted by molar-refractivity contribution is 5.95. The van der Waals surface area contributed by atoms with Crippen molar-refractivity contribution in [1.82, 2.24) is 4.90 Å². The monoisotopic (exact) mass is 379 g/mol. The molecule has 2 atom stereocenters. The second-order valence-electron chi connectivity index (χ2n) is 6.25.